The molecule has 0 unspecified atom stereocenters. The van der Waals surface area contributed by atoms with Crippen LogP contribution in [0.15, 0.2) is 40.9 Å². The Hall–Kier alpha value is -3.43. The lowest BCUT2D eigenvalue weighted by molar-refractivity contribution is -0.0511. The van der Waals surface area contributed by atoms with Gasteiger partial charge in [-0.3, -0.25) is 4.57 Å². The van der Waals surface area contributed by atoms with Gasteiger partial charge in [0, 0.05) is 10.7 Å². The second-order valence-electron chi connectivity index (χ2n) is 6.73. The molecular formula is C17H18ClN9O5. The average molecular weight is 464 g/mol. The van der Waals surface area contributed by atoms with Crippen LogP contribution < -0.4 is 16.5 Å². The minimum atomic E-state index is -1.34. The Morgan fingerprint density at radius 2 is 2.00 bits per heavy atom. The second-order valence-corrected chi connectivity index (χ2v) is 7.17. The van der Waals surface area contributed by atoms with E-state index in [0.29, 0.717) is 10.7 Å². The van der Waals surface area contributed by atoms with Crippen LogP contribution in [0.4, 0.5) is 22.2 Å². The molecule has 7 N–H and O–H groups in total. The minimum Gasteiger partial charge on any atom is -0.394 e. The number of anilines is 2. The fourth-order valence-corrected chi connectivity index (χ4v) is 3.20. The number of amides is 2. The number of aliphatic hydroxyl groups is 3. The van der Waals surface area contributed by atoms with E-state index >= 15 is 0 Å². The van der Waals surface area contributed by atoms with Crippen molar-refractivity contribution in [3.05, 3.63) is 35.6 Å². The lowest BCUT2D eigenvalue weighted by Crippen LogP contribution is -2.33. The number of carbonyl (C=O) groups is 1. The summed E-state index contributed by atoms with van der Waals surface area (Å²) in [5, 5.41) is 39.8. The Morgan fingerprint density at radius 3 is 2.69 bits per heavy atom. The van der Waals surface area contributed by atoms with Crippen molar-refractivity contribution in [1.29, 1.82) is 0 Å². The zero-order chi connectivity index (χ0) is 22.8. The van der Waals surface area contributed by atoms with Crippen LogP contribution in [-0.4, -0.2) is 65.8 Å². The van der Waals surface area contributed by atoms with Gasteiger partial charge in [-0.05, 0) is 24.3 Å². The fraction of sp³-hybridized carbons (Fsp3) is 0.294. The Labute approximate surface area is 184 Å². The zero-order valence-corrected chi connectivity index (χ0v) is 17.0. The molecule has 2 amide bonds. The molecular weight excluding hydrogens is 446 g/mol. The van der Waals surface area contributed by atoms with Crippen molar-refractivity contribution < 1.29 is 24.9 Å². The van der Waals surface area contributed by atoms with E-state index in [4.69, 9.17) is 22.1 Å². The van der Waals surface area contributed by atoms with Gasteiger partial charge in [-0.2, -0.15) is 9.97 Å². The molecule has 14 nitrogen and oxygen atoms in total. The molecule has 4 atom stereocenters. The molecule has 0 aliphatic carbocycles. The highest BCUT2D eigenvalue weighted by atomic mass is 35.5. The van der Waals surface area contributed by atoms with Gasteiger partial charge in [-0.1, -0.05) is 21.9 Å². The summed E-state index contributed by atoms with van der Waals surface area (Å²) >= 11 is 5.79. The minimum absolute atomic E-state index is 0.0277. The summed E-state index contributed by atoms with van der Waals surface area (Å²) in [6.07, 6.45) is -3.40. The number of imidazole rings is 1. The first-order chi connectivity index (χ1) is 15.4. The van der Waals surface area contributed by atoms with E-state index in [-0.39, 0.29) is 22.9 Å². The van der Waals surface area contributed by atoms with Gasteiger partial charge in [0.1, 0.15) is 23.8 Å². The predicted octanol–water partition coefficient (Wildman–Crippen LogP) is 0.494. The summed E-state index contributed by atoms with van der Waals surface area (Å²) in [6, 6.07) is 5.77. The topological polar surface area (TPSA) is 205 Å². The van der Waals surface area contributed by atoms with Crippen molar-refractivity contribution in [2.45, 2.75) is 24.5 Å². The first-order valence-corrected chi connectivity index (χ1v) is 9.61. The fourth-order valence-electron chi connectivity index (χ4n) is 3.07. The average Bonchev–Trinajstić information content (AvgIpc) is 3.31. The van der Waals surface area contributed by atoms with Gasteiger partial charge in [0.15, 0.2) is 17.7 Å². The van der Waals surface area contributed by atoms with Crippen molar-refractivity contribution in [2.24, 2.45) is 10.3 Å². The Bertz CT molecular complexity index is 1160. The summed E-state index contributed by atoms with van der Waals surface area (Å²) in [7, 11) is 0. The van der Waals surface area contributed by atoms with Crippen LogP contribution in [0, 0.1) is 0 Å². The van der Waals surface area contributed by atoms with Crippen LogP contribution in [0.2, 0.25) is 5.02 Å². The van der Waals surface area contributed by atoms with E-state index < -0.39 is 37.2 Å². The number of carbonyl (C=O) groups excluding carboxylic acids is 1. The van der Waals surface area contributed by atoms with Crippen molar-refractivity contribution >= 4 is 46.2 Å². The second kappa shape index (κ2) is 8.97. The van der Waals surface area contributed by atoms with Gasteiger partial charge < -0.3 is 31.1 Å². The third-order valence-corrected chi connectivity index (χ3v) is 4.87. The van der Waals surface area contributed by atoms with Gasteiger partial charge >= 0.3 is 6.03 Å². The van der Waals surface area contributed by atoms with Crippen LogP contribution in [0.3, 0.4) is 0 Å². The molecule has 0 spiro atoms. The largest absolute Gasteiger partial charge is 0.394 e. The van der Waals surface area contributed by atoms with Crippen LogP contribution in [-0.2, 0) is 4.74 Å². The Balaban J connectivity index is 1.50. The summed E-state index contributed by atoms with van der Waals surface area (Å²) in [5.41, 5.74) is 8.90. The zero-order valence-electron chi connectivity index (χ0n) is 16.2. The summed E-state index contributed by atoms with van der Waals surface area (Å²) in [5.74, 6) is -0.227. The third kappa shape index (κ3) is 4.30. The van der Waals surface area contributed by atoms with E-state index in [1.165, 1.54) is 10.9 Å². The number of halogens is 1. The summed E-state index contributed by atoms with van der Waals surface area (Å²) < 4.78 is 6.82. The molecule has 32 heavy (non-hydrogen) atoms. The van der Waals surface area contributed by atoms with E-state index in [9.17, 15) is 20.1 Å². The number of rotatable bonds is 5. The molecule has 3 heterocycles. The van der Waals surface area contributed by atoms with Crippen molar-refractivity contribution in [3.8, 4) is 0 Å². The SMILES string of the molecule is Nc1nc(N=NNC(=O)Nc2ccc(Cl)cc2)nc2c1ncn2[C@@H]1O[C@H](CO)[C@@H](O)[C@H]1O. The lowest BCUT2D eigenvalue weighted by Gasteiger charge is -2.16. The van der Waals surface area contributed by atoms with E-state index in [1.807, 2.05) is 0 Å². The van der Waals surface area contributed by atoms with E-state index in [1.54, 1.807) is 24.3 Å². The maximum Gasteiger partial charge on any atom is 0.341 e. The molecule has 168 valence electrons. The number of aromatic nitrogens is 4. The number of aliphatic hydroxyl groups excluding tert-OH is 3. The number of nitrogens with two attached hydrogens (primary N) is 1. The number of hydrogen-bond acceptors (Lipinski definition) is 11. The maximum atomic E-state index is 11.9. The predicted molar refractivity (Wildman–Crippen MR) is 111 cm³/mol. The van der Waals surface area contributed by atoms with Crippen LogP contribution >= 0.6 is 11.6 Å². The number of nitrogens with zero attached hydrogens (tertiary/aromatic N) is 6. The molecule has 0 radical (unpaired) electrons. The van der Waals surface area contributed by atoms with Crippen LogP contribution in [0.5, 0.6) is 0 Å². The number of nitrogens with one attached hydrogen (secondary N) is 2. The molecule has 0 bridgehead atoms. The highest BCUT2D eigenvalue weighted by molar-refractivity contribution is 6.30. The lowest BCUT2D eigenvalue weighted by atomic mass is 10.1. The van der Waals surface area contributed by atoms with Crippen LogP contribution in [0.1, 0.15) is 6.23 Å². The smallest absolute Gasteiger partial charge is 0.341 e. The number of fused-ring (bicyclic) bond motifs is 1. The monoisotopic (exact) mass is 463 g/mol. The molecule has 1 aromatic carbocycles. The van der Waals surface area contributed by atoms with Gasteiger partial charge in [0.05, 0.1) is 12.9 Å². The molecule has 0 saturated carbocycles. The highest BCUT2D eigenvalue weighted by Gasteiger charge is 2.44. The van der Waals surface area contributed by atoms with Gasteiger partial charge in [0.25, 0.3) is 5.95 Å². The maximum absolute atomic E-state index is 11.9. The molecule has 15 heteroatoms. The van der Waals surface area contributed by atoms with Crippen molar-refractivity contribution in [3.63, 3.8) is 0 Å². The highest BCUT2D eigenvalue weighted by Crippen LogP contribution is 2.32. The molecule has 4 rings (SSSR count). The first kappa shape index (κ1) is 21.8. The Kier molecular flexibility index (Phi) is 6.11. The van der Waals surface area contributed by atoms with Crippen LogP contribution in [0.25, 0.3) is 11.2 Å². The molecule has 1 aliphatic heterocycles. The van der Waals surface area contributed by atoms with E-state index in [0.717, 1.165) is 0 Å². The van der Waals surface area contributed by atoms with Gasteiger partial charge in [0.2, 0.25) is 0 Å². The van der Waals surface area contributed by atoms with Gasteiger partial charge in [-0.25, -0.2) is 15.2 Å². The summed E-state index contributed by atoms with van der Waals surface area (Å²) in [6.45, 7) is -0.484. The van der Waals surface area contributed by atoms with Crippen molar-refractivity contribution in [2.75, 3.05) is 17.7 Å². The quantitative estimate of drug-likeness (QED) is 0.229. The number of hydrogen-bond donors (Lipinski definition) is 6. The standard InChI is InChI=1S/C17H18ClN9O5/c18-7-1-3-8(4-2-7)21-17(31)25-26-24-16-22-13(19)10-14(23-16)27(6-20-10)15-12(30)11(29)9(5-28)32-15/h1-4,6,9,11-12,15,28-30H,5H2,(H4,19,21,22,23,24,25,31)/t9-,11-,12-,15-/m1/s1. The molecule has 3 aromatic rings. The number of ether oxygens (including phenoxy) is 1. The molecule has 1 saturated heterocycles. The Morgan fingerprint density at radius 1 is 1.25 bits per heavy atom. The number of benzene rings is 1. The normalized spacial score (nSPS) is 23.1. The number of urea groups is 1. The molecule has 1 fully saturated rings. The molecule has 1 aliphatic rings. The third-order valence-electron chi connectivity index (χ3n) is 4.62. The summed E-state index contributed by atoms with van der Waals surface area (Å²) in [4.78, 5) is 24.1. The first-order valence-electron chi connectivity index (χ1n) is 9.23. The van der Waals surface area contributed by atoms with Gasteiger partial charge in [-0.15, -0.1) is 0 Å². The van der Waals surface area contributed by atoms with E-state index in [2.05, 4.69) is 36.0 Å². The number of nitrogen functional groups attached to an aromatic ring is 1. The van der Waals surface area contributed by atoms with Crippen molar-refractivity contribution in [1.82, 2.24) is 24.9 Å². The molecule has 2 aromatic heterocycles.